The molecule has 1 unspecified atom stereocenters. The van der Waals surface area contributed by atoms with Crippen LogP contribution in [-0.2, 0) is 0 Å². The molecule has 2 N–H and O–H groups in total. The van der Waals surface area contributed by atoms with Crippen molar-refractivity contribution in [2.45, 2.75) is 12.5 Å². The maximum Gasteiger partial charge on any atom is 0.257 e. The number of halogens is 3. The van der Waals surface area contributed by atoms with Gasteiger partial charge in [-0.15, -0.1) is 0 Å². The first-order chi connectivity index (χ1) is 7.11. The Morgan fingerprint density at radius 3 is 2.60 bits per heavy atom. The second kappa shape index (κ2) is 3.79. The van der Waals surface area contributed by atoms with E-state index in [9.17, 15) is 8.78 Å². The summed E-state index contributed by atoms with van der Waals surface area (Å²) in [5.74, 6) is 0. The molecule has 2 nitrogen and oxygen atoms in total. The molecule has 0 saturated carbocycles. The maximum absolute atomic E-state index is 12.5. The Morgan fingerprint density at radius 2 is 1.93 bits per heavy atom. The van der Waals surface area contributed by atoms with Gasteiger partial charge in [-0.3, -0.25) is 0 Å². The number of fused-ring (bicyclic) bond motifs is 1. The standard InChI is InChI=1S/C10H8ClF2NO/c11-9-7(8(14)10(12)13)5-3-1-2-4-6(5)15-9/h1-4,8,10H,14H2. The van der Waals surface area contributed by atoms with Gasteiger partial charge in [0.2, 0.25) is 0 Å². The van der Waals surface area contributed by atoms with Gasteiger partial charge in [-0.2, -0.15) is 0 Å². The van der Waals surface area contributed by atoms with Crippen molar-refractivity contribution in [1.29, 1.82) is 0 Å². The summed E-state index contributed by atoms with van der Waals surface area (Å²) in [6.07, 6.45) is -2.66. The zero-order valence-electron chi connectivity index (χ0n) is 7.58. The topological polar surface area (TPSA) is 39.2 Å². The number of hydrogen-bond acceptors (Lipinski definition) is 2. The van der Waals surface area contributed by atoms with Gasteiger partial charge in [0.15, 0.2) is 5.22 Å². The summed E-state index contributed by atoms with van der Waals surface area (Å²) in [6, 6.07) is 5.35. The molecule has 2 aromatic rings. The number of para-hydroxylation sites is 1. The van der Waals surface area contributed by atoms with E-state index in [1.54, 1.807) is 24.3 Å². The maximum atomic E-state index is 12.5. The molecule has 0 fully saturated rings. The lowest BCUT2D eigenvalue weighted by molar-refractivity contribution is 0.116. The van der Waals surface area contributed by atoms with E-state index in [1.165, 1.54) is 0 Å². The minimum Gasteiger partial charge on any atom is -0.444 e. The number of furan rings is 1. The molecule has 80 valence electrons. The molecule has 0 aliphatic heterocycles. The highest BCUT2D eigenvalue weighted by molar-refractivity contribution is 6.30. The average Bonchev–Trinajstić information content (AvgIpc) is 2.52. The van der Waals surface area contributed by atoms with E-state index in [4.69, 9.17) is 21.8 Å². The largest absolute Gasteiger partial charge is 0.444 e. The number of alkyl halides is 2. The van der Waals surface area contributed by atoms with Crippen molar-refractivity contribution in [2.24, 2.45) is 5.73 Å². The summed E-state index contributed by atoms with van der Waals surface area (Å²) < 4.78 is 30.1. The Bertz CT molecular complexity index is 483. The molecule has 15 heavy (non-hydrogen) atoms. The summed E-state index contributed by atoms with van der Waals surface area (Å²) >= 11 is 5.73. The van der Waals surface area contributed by atoms with Gasteiger partial charge < -0.3 is 10.2 Å². The Hall–Kier alpha value is -1.13. The third kappa shape index (κ3) is 1.70. The Morgan fingerprint density at radius 1 is 1.27 bits per heavy atom. The van der Waals surface area contributed by atoms with Gasteiger partial charge in [-0.25, -0.2) is 8.78 Å². The lowest BCUT2D eigenvalue weighted by Gasteiger charge is -2.08. The third-order valence-electron chi connectivity index (χ3n) is 2.19. The molecule has 1 atom stereocenters. The van der Waals surface area contributed by atoms with Crippen molar-refractivity contribution >= 4 is 22.6 Å². The number of nitrogens with two attached hydrogens (primary N) is 1. The van der Waals surface area contributed by atoms with Crippen LogP contribution >= 0.6 is 11.6 Å². The van der Waals surface area contributed by atoms with Crippen LogP contribution in [0.25, 0.3) is 11.0 Å². The minimum atomic E-state index is -2.66. The number of benzene rings is 1. The van der Waals surface area contributed by atoms with Crippen LogP contribution in [-0.4, -0.2) is 6.43 Å². The molecular formula is C10H8ClF2NO. The fourth-order valence-corrected chi connectivity index (χ4v) is 1.78. The van der Waals surface area contributed by atoms with Crippen LogP contribution in [0.3, 0.4) is 0 Å². The van der Waals surface area contributed by atoms with E-state index in [2.05, 4.69) is 0 Å². The van der Waals surface area contributed by atoms with Crippen LogP contribution in [0.1, 0.15) is 11.6 Å². The van der Waals surface area contributed by atoms with Crippen LogP contribution in [0.15, 0.2) is 28.7 Å². The Balaban J connectivity index is 2.63. The highest BCUT2D eigenvalue weighted by Crippen LogP contribution is 2.35. The van der Waals surface area contributed by atoms with Crippen molar-refractivity contribution in [2.75, 3.05) is 0 Å². The predicted molar refractivity (Wildman–Crippen MR) is 54.2 cm³/mol. The van der Waals surface area contributed by atoms with E-state index in [-0.39, 0.29) is 10.8 Å². The second-order valence-electron chi connectivity index (χ2n) is 3.15. The van der Waals surface area contributed by atoms with Crippen LogP contribution in [0.2, 0.25) is 5.22 Å². The fraction of sp³-hybridized carbons (Fsp3) is 0.200. The van der Waals surface area contributed by atoms with Gasteiger partial charge >= 0.3 is 0 Å². The molecule has 0 amide bonds. The first-order valence-electron chi connectivity index (χ1n) is 4.32. The molecule has 0 bridgehead atoms. The molecule has 1 aromatic heterocycles. The van der Waals surface area contributed by atoms with Crippen LogP contribution in [0.4, 0.5) is 8.78 Å². The lowest BCUT2D eigenvalue weighted by Crippen LogP contribution is -2.18. The van der Waals surface area contributed by atoms with E-state index in [0.717, 1.165) is 0 Å². The molecule has 0 radical (unpaired) electrons. The molecular weight excluding hydrogens is 224 g/mol. The highest BCUT2D eigenvalue weighted by atomic mass is 35.5. The first kappa shape index (κ1) is 10.4. The molecule has 5 heteroatoms. The van der Waals surface area contributed by atoms with E-state index >= 15 is 0 Å². The van der Waals surface area contributed by atoms with Crippen molar-refractivity contribution in [3.8, 4) is 0 Å². The highest BCUT2D eigenvalue weighted by Gasteiger charge is 2.25. The monoisotopic (exact) mass is 231 g/mol. The summed E-state index contributed by atoms with van der Waals surface area (Å²) in [6.45, 7) is 0. The van der Waals surface area contributed by atoms with E-state index in [1.807, 2.05) is 0 Å². The molecule has 0 saturated heterocycles. The van der Waals surface area contributed by atoms with Crippen LogP contribution < -0.4 is 5.73 Å². The van der Waals surface area contributed by atoms with Crippen LogP contribution in [0.5, 0.6) is 0 Å². The van der Waals surface area contributed by atoms with Crippen LogP contribution in [0, 0.1) is 0 Å². The van der Waals surface area contributed by atoms with Gasteiger partial charge in [0.1, 0.15) is 5.58 Å². The number of rotatable bonds is 2. The molecule has 1 aromatic carbocycles. The molecule has 0 aliphatic carbocycles. The predicted octanol–water partition coefficient (Wildman–Crippen LogP) is 3.35. The zero-order chi connectivity index (χ0) is 11.0. The first-order valence-corrected chi connectivity index (χ1v) is 4.69. The van der Waals surface area contributed by atoms with E-state index in [0.29, 0.717) is 11.0 Å². The Labute approximate surface area is 89.6 Å². The number of hydrogen-bond donors (Lipinski definition) is 1. The minimum absolute atomic E-state index is 0.0657. The second-order valence-corrected chi connectivity index (χ2v) is 3.49. The zero-order valence-corrected chi connectivity index (χ0v) is 8.34. The SMILES string of the molecule is NC(c1c(Cl)oc2ccccc12)C(F)F. The van der Waals surface area contributed by atoms with Crippen molar-refractivity contribution in [1.82, 2.24) is 0 Å². The third-order valence-corrected chi connectivity index (χ3v) is 2.47. The molecule has 0 spiro atoms. The normalized spacial score (nSPS) is 13.7. The molecule has 1 heterocycles. The van der Waals surface area contributed by atoms with Gasteiger partial charge in [-0.1, -0.05) is 18.2 Å². The fourth-order valence-electron chi connectivity index (χ4n) is 1.47. The van der Waals surface area contributed by atoms with Gasteiger partial charge in [0, 0.05) is 10.9 Å². The van der Waals surface area contributed by atoms with Gasteiger partial charge in [-0.05, 0) is 17.7 Å². The summed E-state index contributed by atoms with van der Waals surface area (Å²) in [5, 5.41) is 0.472. The summed E-state index contributed by atoms with van der Waals surface area (Å²) in [4.78, 5) is 0. The van der Waals surface area contributed by atoms with Crippen molar-refractivity contribution in [3.63, 3.8) is 0 Å². The summed E-state index contributed by atoms with van der Waals surface area (Å²) in [7, 11) is 0. The van der Waals surface area contributed by atoms with Crippen molar-refractivity contribution < 1.29 is 13.2 Å². The van der Waals surface area contributed by atoms with Gasteiger partial charge in [0.25, 0.3) is 6.43 Å². The smallest absolute Gasteiger partial charge is 0.257 e. The lowest BCUT2D eigenvalue weighted by atomic mass is 10.1. The average molecular weight is 232 g/mol. The molecule has 0 aliphatic rings. The van der Waals surface area contributed by atoms with E-state index < -0.39 is 12.5 Å². The van der Waals surface area contributed by atoms with Gasteiger partial charge in [0.05, 0.1) is 6.04 Å². The Kier molecular flexibility index (Phi) is 2.63. The van der Waals surface area contributed by atoms with Crippen molar-refractivity contribution in [3.05, 3.63) is 35.0 Å². The quantitative estimate of drug-likeness (QED) is 0.861. The molecule has 2 rings (SSSR count). The summed E-state index contributed by atoms with van der Waals surface area (Å²) in [5.41, 5.74) is 5.99.